The van der Waals surface area contributed by atoms with Gasteiger partial charge in [0.05, 0.1) is 4.47 Å². The standard InChI is InChI=1S/C12H17BrFN7O3S/c1-25(15,23)17-5-4-16-11-10(20-24-21-11)12(19-22)18-7-2-3-9(14)8(13)6-7/h2-3,6,22,25H,4-5H2,1H3,(H,16,21)(H,18,19)(H3,15,17,23). The number of hydrogen-bond donors (Lipinski definition) is 6. The lowest BCUT2D eigenvalue weighted by Crippen LogP contribution is -2.40. The summed E-state index contributed by atoms with van der Waals surface area (Å²) in [6.45, 7) is 0.623. The number of rotatable bonds is 7. The van der Waals surface area contributed by atoms with Crippen LogP contribution in [-0.2, 0) is 10.3 Å². The summed E-state index contributed by atoms with van der Waals surface area (Å²) in [5.74, 6) is -0.291. The Kier molecular flexibility index (Phi) is 6.41. The quantitative estimate of drug-likeness (QED) is 0.0928. The first kappa shape index (κ1) is 19.2. The van der Waals surface area contributed by atoms with E-state index in [0.717, 1.165) is 0 Å². The van der Waals surface area contributed by atoms with Crippen molar-refractivity contribution < 1.29 is 18.4 Å². The van der Waals surface area contributed by atoms with Crippen molar-refractivity contribution in [1.29, 1.82) is 0 Å². The number of benzene rings is 1. The number of oxime groups is 1. The van der Waals surface area contributed by atoms with Crippen molar-refractivity contribution in [2.24, 2.45) is 10.3 Å². The second-order valence-corrected chi connectivity index (χ2v) is 8.14. The minimum absolute atomic E-state index is 0.0600. The molecule has 0 atom stereocenters. The minimum atomic E-state index is -2.82. The fourth-order valence-electron chi connectivity index (χ4n) is 1.76. The predicted molar refractivity (Wildman–Crippen MR) is 96.5 cm³/mol. The van der Waals surface area contributed by atoms with E-state index in [1.54, 1.807) is 0 Å². The second kappa shape index (κ2) is 8.33. The maximum atomic E-state index is 13.3. The Hall–Kier alpha value is -2.09. The summed E-state index contributed by atoms with van der Waals surface area (Å²) >= 11 is 3.06. The third-order valence-electron chi connectivity index (χ3n) is 2.84. The second-order valence-electron chi connectivity index (χ2n) is 4.99. The number of aromatic nitrogens is 2. The monoisotopic (exact) mass is 437 g/mol. The van der Waals surface area contributed by atoms with Crippen LogP contribution in [0.25, 0.3) is 0 Å². The summed E-state index contributed by atoms with van der Waals surface area (Å²) in [5.41, 5.74) is 0.558. The Bertz CT molecular complexity index is 810. The average molecular weight is 438 g/mol. The highest BCUT2D eigenvalue weighted by molar-refractivity contribution is 9.10. The third-order valence-corrected chi connectivity index (χ3v) is 4.30. The van der Waals surface area contributed by atoms with Gasteiger partial charge >= 0.3 is 0 Å². The summed E-state index contributed by atoms with van der Waals surface area (Å²) in [6, 6.07) is 4.16. The van der Waals surface area contributed by atoms with Gasteiger partial charge in [0, 0.05) is 25.0 Å². The molecule has 0 radical (unpaired) electrons. The van der Waals surface area contributed by atoms with Crippen molar-refractivity contribution in [2.75, 3.05) is 30.0 Å². The van der Waals surface area contributed by atoms with Gasteiger partial charge in [0.1, 0.15) is 5.82 Å². The van der Waals surface area contributed by atoms with Gasteiger partial charge in [0.2, 0.25) is 11.7 Å². The first-order valence-electron chi connectivity index (χ1n) is 6.92. The number of anilines is 2. The van der Waals surface area contributed by atoms with E-state index in [-0.39, 0.29) is 21.8 Å². The van der Waals surface area contributed by atoms with E-state index in [2.05, 4.69) is 51.4 Å². The molecule has 1 aromatic heterocycles. The molecule has 13 heteroatoms. The SMILES string of the molecule is C[SH](N)(=O)NCCNc1nonc1/C(=N/O)Nc1ccc(F)c(Br)c1. The Morgan fingerprint density at radius 1 is 1.48 bits per heavy atom. The molecule has 6 N–H and O–H groups in total. The number of nitrogens with two attached hydrogens (primary N) is 1. The maximum Gasteiger partial charge on any atom is 0.203 e. The number of halogens is 2. The van der Waals surface area contributed by atoms with Crippen LogP contribution >= 0.6 is 15.9 Å². The molecule has 1 aromatic carbocycles. The van der Waals surface area contributed by atoms with Gasteiger partial charge in [-0.15, -0.1) is 0 Å². The van der Waals surface area contributed by atoms with Crippen molar-refractivity contribution in [2.45, 2.75) is 0 Å². The summed E-state index contributed by atoms with van der Waals surface area (Å²) in [4.78, 5) is 0. The lowest BCUT2D eigenvalue weighted by molar-refractivity contribution is 0.305. The van der Waals surface area contributed by atoms with E-state index in [0.29, 0.717) is 18.8 Å². The molecule has 1 heterocycles. The summed E-state index contributed by atoms with van der Waals surface area (Å²) < 4.78 is 32.2. The molecule has 0 spiro atoms. The molecular weight excluding hydrogens is 421 g/mol. The molecule has 0 saturated carbocycles. The fraction of sp³-hybridized carbons (Fsp3) is 0.250. The highest BCUT2D eigenvalue weighted by atomic mass is 79.9. The molecule has 0 aliphatic carbocycles. The highest BCUT2D eigenvalue weighted by Crippen LogP contribution is 2.21. The Balaban J connectivity index is 2.05. The van der Waals surface area contributed by atoms with Crippen molar-refractivity contribution in [3.63, 3.8) is 0 Å². The highest BCUT2D eigenvalue weighted by Gasteiger charge is 2.18. The topological polar surface area (TPSA) is 151 Å². The summed E-state index contributed by atoms with van der Waals surface area (Å²) in [5, 5.41) is 30.7. The first-order valence-corrected chi connectivity index (χ1v) is 9.94. The van der Waals surface area contributed by atoms with Crippen LogP contribution in [0.1, 0.15) is 5.69 Å². The van der Waals surface area contributed by atoms with Gasteiger partial charge in [0.25, 0.3) is 0 Å². The zero-order valence-corrected chi connectivity index (χ0v) is 15.5. The molecule has 25 heavy (non-hydrogen) atoms. The lowest BCUT2D eigenvalue weighted by Gasteiger charge is -2.14. The van der Waals surface area contributed by atoms with Crippen LogP contribution in [0.3, 0.4) is 0 Å². The smallest absolute Gasteiger partial charge is 0.203 e. The van der Waals surface area contributed by atoms with Crippen LogP contribution in [0.15, 0.2) is 32.5 Å². The molecule has 0 amide bonds. The van der Waals surface area contributed by atoms with Crippen LogP contribution in [0, 0.1) is 5.82 Å². The molecular formula is C12H17BrFN7O3S. The molecule has 0 saturated heterocycles. The zero-order valence-electron chi connectivity index (χ0n) is 13.0. The van der Waals surface area contributed by atoms with Gasteiger partial charge in [-0.25, -0.2) is 13.7 Å². The van der Waals surface area contributed by atoms with Crippen molar-refractivity contribution in [3.8, 4) is 0 Å². The summed E-state index contributed by atoms with van der Waals surface area (Å²) in [7, 11) is -2.82. The molecule has 0 fully saturated rings. The summed E-state index contributed by atoms with van der Waals surface area (Å²) in [6.07, 6.45) is 1.40. The van der Waals surface area contributed by atoms with Crippen LogP contribution in [0.5, 0.6) is 0 Å². The fourth-order valence-corrected chi connectivity index (χ4v) is 2.70. The molecule has 138 valence electrons. The maximum absolute atomic E-state index is 13.3. The normalized spacial score (nSPS) is 12.9. The molecule has 0 unspecified atom stereocenters. The van der Waals surface area contributed by atoms with Crippen molar-refractivity contribution >= 4 is 43.6 Å². The van der Waals surface area contributed by atoms with E-state index >= 15 is 0 Å². The third kappa shape index (κ3) is 5.74. The zero-order chi connectivity index (χ0) is 18.4. The molecule has 2 aromatic rings. The van der Waals surface area contributed by atoms with Gasteiger partial charge < -0.3 is 15.8 Å². The lowest BCUT2D eigenvalue weighted by atomic mass is 10.3. The van der Waals surface area contributed by atoms with Crippen LogP contribution in [-0.4, -0.2) is 44.9 Å². The molecule has 10 nitrogen and oxygen atoms in total. The Morgan fingerprint density at radius 2 is 2.24 bits per heavy atom. The molecule has 0 bridgehead atoms. The Labute approximate surface area is 151 Å². The van der Waals surface area contributed by atoms with Crippen molar-refractivity contribution in [1.82, 2.24) is 15.0 Å². The molecule has 0 aliphatic heterocycles. The van der Waals surface area contributed by atoms with Crippen LogP contribution < -0.4 is 20.5 Å². The Morgan fingerprint density at radius 3 is 2.88 bits per heavy atom. The number of thiol groups is 1. The number of hydrogen-bond acceptors (Lipinski definition) is 7. The first-order chi connectivity index (χ1) is 11.8. The van der Waals surface area contributed by atoms with E-state index in [1.165, 1.54) is 24.5 Å². The minimum Gasteiger partial charge on any atom is -0.409 e. The van der Waals surface area contributed by atoms with Gasteiger partial charge in [0.15, 0.2) is 5.69 Å². The number of nitrogens with one attached hydrogen (secondary N) is 3. The van der Waals surface area contributed by atoms with Crippen LogP contribution in [0.2, 0.25) is 0 Å². The van der Waals surface area contributed by atoms with Gasteiger partial charge in [-0.3, -0.25) is 9.35 Å². The molecule has 2 rings (SSSR count). The van der Waals surface area contributed by atoms with Crippen LogP contribution in [0.4, 0.5) is 15.9 Å². The average Bonchev–Trinajstić information content (AvgIpc) is 3.00. The van der Waals surface area contributed by atoms with Gasteiger partial charge in [-0.05, 0) is 54.7 Å². The largest absolute Gasteiger partial charge is 0.409 e. The van der Waals surface area contributed by atoms with E-state index in [9.17, 15) is 13.8 Å². The number of amidine groups is 1. The number of nitrogens with zero attached hydrogens (tertiary/aromatic N) is 3. The predicted octanol–water partition coefficient (Wildman–Crippen LogP) is 0.656. The molecule has 0 aliphatic rings. The van der Waals surface area contributed by atoms with E-state index in [4.69, 9.17) is 5.14 Å². The van der Waals surface area contributed by atoms with E-state index < -0.39 is 16.1 Å². The van der Waals surface area contributed by atoms with Crippen molar-refractivity contribution in [3.05, 3.63) is 34.2 Å². The van der Waals surface area contributed by atoms with Gasteiger partial charge in [-0.2, -0.15) is 0 Å². The van der Waals surface area contributed by atoms with Gasteiger partial charge in [-0.1, -0.05) is 5.16 Å². The van der Waals surface area contributed by atoms with E-state index in [1.807, 2.05) is 0 Å².